The Labute approximate surface area is 180 Å². The molecule has 6 nitrogen and oxygen atoms in total. The molecule has 0 aliphatic rings. The zero-order valence-corrected chi connectivity index (χ0v) is 19.1. The molecule has 0 saturated carbocycles. The van der Waals surface area contributed by atoms with Crippen molar-refractivity contribution in [3.63, 3.8) is 0 Å². The molecule has 3 aromatic rings. The summed E-state index contributed by atoms with van der Waals surface area (Å²) < 4.78 is 7.79. The Bertz CT molecular complexity index is 1050. The number of carbonyl (C=O) groups is 1. The van der Waals surface area contributed by atoms with Gasteiger partial charge in [-0.15, -0.1) is 10.2 Å². The van der Waals surface area contributed by atoms with E-state index in [2.05, 4.69) is 63.0 Å². The number of rotatable bonds is 4. The lowest BCUT2D eigenvalue weighted by Crippen LogP contribution is -2.08. The highest BCUT2D eigenvalue weighted by Gasteiger charge is 2.14. The van der Waals surface area contributed by atoms with Gasteiger partial charge in [-0.05, 0) is 97.0 Å². The first-order valence-electron chi connectivity index (χ1n) is 7.80. The minimum absolute atomic E-state index is 0.155. The number of H-pyrrole nitrogens is 1. The number of aromatic nitrogens is 1. The van der Waals surface area contributed by atoms with Gasteiger partial charge in [0.25, 0.3) is 0 Å². The van der Waals surface area contributed by atoms with Crippen LogP contribution in [0.5, 0.6) is 11.6 Å². The number of azo groups is 1. The largest absolute Gasteiger partial charge is 0.493 e. The number of hydrogen-bond donors (Lipinski definition) is 2. The Morgan fingerprint density at radius 1 is 1.07 bits per heavy atom. The summed E-state index contributed by atoms with van der Waals surface area (Å²) in [6.45, 7) is 3.59. The molecule has 0 fully saturated rings. The van der Waals surface area contributed by atoms with Crippen LogP contribution in [0.25, 0.3) is 10.9 Å². The highest BCUT2D eigenvalue weighted by atomic mass is 79.9. The summed E-state index contributed by atoms with van der Waals surface area (Å²) in [5.41, 5.74) is 2.92. The maximum absolute atomic E-state index is 12.1. The van der Waals surface area contributed by atoms with E-state index in [1.54, 1.807) is 0 Å². The number of nitrogens with zero attached hydrogens (tertiary/aromatic N) is 2. The molecule has 1 heterocycles. The van der Waals surface area contributed by atoms with E-state index in [9.17, 15) is 9.90 Å². The van der Waals surface area contributed by atoms with E-state index in [0.29, 0.717) is 16.7 Å². The molecule has 0 radical (unpaired) electrons. The van der Waals surface area contributed by atoms with Gasteiger partial charge in [0.1, 0.15) is 5.75 Å². The standard InChI is InChI=1S/C18H14Br3N3O3/c1-8-3-10-15(11(19)4-8)22-18(26)16(10)24-23-14(25)7-27-17-12(20)5-9(2)6-13(17)21/h3-6,22,26H,7H2,1-2H3. The summed E-state index contributed by atoms with van der Waals surface area (Å²) >= 11 is 10.2. The normalized spacial score (nSPS) is 11.4. The third-order valence-electron chi connectivity index (χ3n) is 3.70. The summed E-state index contributed by atoms with van der Waals surface area (Å²) in [5.74, 6) is -0.216. The van der Waals surface area contributed by atoms with Crippen molar-refractivity contribution >= 4 is 70.3 Å². The van der Waals surface area contributed by atoms with E-state index in [1.807, 2.05) is 38.1 Å². The number of carbonyl (C=O) groups excluding carboxylic acids is 1. The maximum Gasteiger partial charge on any atom is 0.302 e. The van der Waals surface area contributed by atoms with Crippen molar-refractivity contribution in [3.8, 4) is 11.6 Å². The first-order valence-corrected chi connectivity index (χ1v) is 10.2. The quantitative estimate of drug-likeness (QED) is 0.359. The third-order valence-corrected chi connectivity index (χ3v) is 5.51. The number of hydrogen-bond acceptors (Lipinski definition) is 4. The smallest absolute Gasteiger partial charge is 0.302 e. The highest BCUT2D eigenvalue weighted by molar-refractivity contribution is 9.11. The Balaban J connectivity index is 1.78. The third kappa shape index (κ3) is 4.41. The minimum atomic E-state index is -0.574. The van der Waals surface area contributed by atoms with Crippen molar-refractivity contribution in [2.75, 3.05) is 6.61 Å². The number of benzene rings is 2. The SMILES string of the molecule is Cc1cc(Br)c(OCC(=O)N=Nc2c(O)[nH]c3c(Br)cc(C)cc23)c(Br)c1. The molecule has 3 rings (SSSR count). The van der Waals surface area contributed by atoms with E-state index in [4.69, 9.17) is 4.74 Å². The second kappa shape index (κ2) is 8.12. The second-order valence-electron chi connectivity index (χ2n) is 5.93. The van der Waals surface area contributed by atoms with Crippen LogP contribution in [0.1, 0.15) is 11.1 Å². The molecule has 1 aromatic heterocycles. The van der Waals surface area contributed by atoms with E-state index in [0.717, 1.165) is 24.5 Å². The molecule has 0 atom stereocenters. The van der Waals surface area contributed by atoms with Gasteiger partial charge in [0.2, 0.25) is 5.88 Å². The van der Waals surface area contributed by atoms with Crippen molar-refractivity contribution in [3.05, 3.63) is 48.8 Å². The molecule has 2 N–H and O–H groups in total. The monoisotopic (exact) mass is 557 g/mol. The Hall–Kier alpha value is -1.71. The van der Waals surface area contributed by atoms with Gasteiger partial charge in [-0.25, -0.2) is 0 Å². The molecule has 0 aliphatic carbocycles. The number of aromatic amines is 1. The van der Waals surface area contributed by atoms with Crippen molar-refractivity contribution < 1.29 is 14.6 Å². The molecule has 0 aliphatic heterocycles. The molecule has 0 unspecified atom stereocenters. The van der Waals surface area contributed by atoms with Crippen LogP contribution in [-0.4, -0.2) is 22.6 Å². The summed E-state index contributed by atoms with van der Waals surface area (Å²) in [4.78, 5) is 14.9. The van der Waals surface area contributed by atoms with E-state index < -0.39 is 5.91 Å². The fraction of sp³-hybridized carbons (Fsp3) is 0.167. The predicted molar refractivity (Wildman–Crippen MR) is 114 cm³/mol. The summed E-state index contributed by atoms with van der Waals surface area (Å²) in [7, 11) is 0. The molecule has 0 spiro atoms. The van der Waals surface area contributed by atoms with Crippen LogP contribution < -0.4 is 4.74 Å². The predicted octanol–water partition coefficient (Wildman–Crippen LogP) is 6.47. The van der Waals surface area contributed by atoms with Gasteiger partial charge in [0.05, 0.1) is 14.5 Å². The van der Waals surface area contributed by atoms with Crippen molar-refractivity contribution in [2.24, 2.45) is 10.2 Å². The number of aromatic hydroxyl groups is 1. The molecule has 2 aromatic carbocycles. The van der Waals surface area contributed by atoms with Gasteiger partial charge in [-0.1, -0.05) is 0 Å². The molecule has 9 heteroatoms. The van der Waals surface area contributed by atoms with Gasteiger partial charge in [-0.3, -0.25) is 4.79 Å². The lowest BCUT2D eigenvalue weighted by molar-refractivity contribution is -0.120. The molecule has 27 heavy (non-hydrogen) atoms. The van der Waals surface area contributed by atoms with Crippen LogP contribution in [0.3, 0.4) is 0 Å². The van der Waals surface area contributed by atoms with E-state index >= 15 is 0 Å². The zero-order chi connectivity index (χ0) is 19.7. The van der Waals surface area contributed by atoms with Gasteiger partial charge >= 0.3 is 5.91 Å². The van der Waals surface area contributed by atoms with Gasteiger partial charge in [0.15, 0.2) is 12.3 Å². The average molecular weight is 560 g/mol. The van der Waals surface area contributed by atoms with Crippen LogP contribution in [-0.2, 0) is 4.79 Å². The Morgan fingerprint density at radius 3 is 2.33 bits per heavy atom. The van der Waals surface area contributed by atoms with E-state index in [1.165, 1.54) is 0 Å². The molecule has 140 valence electrons. The number of amides is 1. The highest BCUT2D eigenvalue weighted by Crippen LogP contribution is 2.39. The lowest BCUT2D eigenvalue weighted by atomic mass is 10.1. The van der Waals surface area contributed by atoms with Gasteiger partial charge in [0, 0.05) is 9.86 Å². The topological polar surface area (TPSA) is 87.0 Å². The average Bonchev–Trinajstić information content (AvgIpc) is 2.88. The van der Waals surface area contributed by atoms with Crippen molar-refractivity contribution in [1.82, 2.24) is 4.98 Å². The van der Waals surface area contributed by atoms with Crippen LogP contribution in [0.2, 0.25) is 0 Å². The van der Waals surface area contributed by atoms with Crippen LogP contribution in [0.4, 0.5) is 5.69 Å². The maximum atomic E-state index is 12.1. The summed E-state index contributed by atoms with van der Waals surface area (Å²) in [5, 5.41) is 18.3. The Kier molecular flexibility index (Phi) is 6.02. The minimum Gasteiger partial charge on any atom is -0.493 e. The summed E-state index contributed by atoms with van der Waals surface area (Å²) in [6, 6.07) is 7.54. The number of halogens is 3. The zero-order valence-electron chi connectivity index (χ0n) is 14.3. The first-order chi connectivity index (χ1) is 12.8. The van der Waals surface area contributed by atoms with Crippen molar-refractivity contribution in [2.45, 2.75) is 13.8 Å². The fourth-order valence-electron chi connectivity index (χ4n) is 2.56. The summed E-state index contributed by atoms with van der Waals surface area (Å²) in [6.07, 6.45) is 0. The molecular formula is C18H14Br3N3O3. The van der Waals surface area contributed by atoms with Gasteiger partial charge in [-0.2, -0.15) is 0 Å². The number of ether oxygens (including phenoxy) is 1. The number of nitrogens with one attached hydrogen (secondary N) is 1. The van der Waals surface area contributed by atoms with Crippen LogP contribution >= 0.6 is 47.8 Å². The number of fused-ring (bicyclic) bond motifs is 1. The second-order valence-corrected chi connectivity index (χ2v) is 8.49. The molecular weight excluding hydrogens is 546 g/mol. The van der Waals surface area contributed by atoms with Crippen molar-refractivity contribution in [1.29, 1.82) is 0 Å². The molecule has 0 saturated heterocycles. The Morgan fingerprint density at radius 2 is 1.67 bits per heavy atom. The molecule has 0 bridgehead atoms. The first kappa shape index (κ1) is 20.0. The van der Waals surface area contributed by atoms with Crippen LogP contribution in [0, 0.1) is 13.8 Å². The fourth-order valence-corrected chi connectivity index (χ4v) is 4.87. The van der Waals surface area contributed by atoms with Gasteiger partial charge < -0.3 is 14.8 Å². The molecule has 1 amide bonds. The van der Waals surface area contributed by atoms with E-state index in [-0.39, 0.29) is 18.2 Å². The number of aryl methyl sites for hydroxylation is 2. The lowest BCUT2D eigenvalue weighted by Gasteiger charge is -2.09. The van der Waals surface area contributed by atoms with Crippen LogP contribution in [0.15, 0.2) is 47.9 Å².